The molecule has 1 saturated heterocycles. The van der Waals surface area contributed by atoms with Gasteiger partial charge in [-0.1, -0.05) is 18.2 Å². The van der Waals surface area contributed by atoms with Crippen LogP contribution < -0.4 is 15.5 Å². The molecule has 0 saturated carbocycles. The molecule has 0 aliphatic carbocycles. The van der Waals surface area contributed by atoms with Gasteiger partial charge in [-0.2, -0.15) is 15.0 Å². The van der Waals surface area contributed by atoms with Crippen molar-refractivity contribution < 1.29 is 4.74 Å². The maximum atomic E-state index is 5.88. The van der Waals surface area contributed by atoms with E-state index in [0.717, 1.165) is 32.8 Å². The Kier molecular flexibility index (Phi) is 6.08. The summed E-state index contributed by atoms with van der Waals surface area (Å²) in [6.45, 7) is 6.28. The smallest absolute Gasteiger partial charge is 0.229 e. The third-order valence-corrected chi connectivity index (χ3v) is 4.86. The number of hydrogen-bond acceptors (Lipinski definition) is 8. The molecular weight excluding hydrogens is 342 g/mol. The van der Waals surface area contributed by atoms with Gasteiger partial charge in [-0.15, -0.1) is 0 Å². The molecule has 8 heteroatoms. The number of anilines is 3. The Balaban J connectivity index is 1.78. The quantitative estimate of drug-likeness (QED) is 0.819. The van der Waals surface area contributed by atoms with E-state index in [9.17, 15) is 0 Å². The van der Waals surface area contributed by atoms with Gasteiger partial charge in [0.25, 0.3) is 0 Å². The fourth-order valence-electron chi connectivity index (χ4n) is 3.14. The standard InChI is InChI=1S/C19H29N7O/c1-14(17-21-18(20)23-19(22-17)24(2)3)25(4)13-15-7-5-6-8-16(15)26-9-11-27-12-10-26/h5-8,14H,9-13H2,1-4H3,(H2,20,21,22,23)/t14-/m1/s1. The third kappa shape index (κ3) is 4.64. The summed E-state index contributed by atoms with van der Waals surface area (Å²) in [5, 5.41) is 0. The molecule has 1 fully saturated rings. The molecule has 0 amide bonds. The lowest BCUT2D eigenvalue weighted by molar-refractivity contribution is 0.122. The molecule has 2 aromatic rings. The molecule has 27 heavy (non-hydrogen) atoms. The van der Waals surface area contributed by atoms with Crippen molar-refractivity contribution in [2.45, 2.75) is 19.5 Å². The van der Waals surface area contributed by atoms with Crippen LogP contribution in [0, 0.1) is 0 Å². The maximum Gasteiger partial charge on any atom is 0.229 e. The fraction of sp³-hybridized carbons (Fsp3) is 0.526. The normalized spacial score (nSPS) is 15.8. The minimum atomic E-state index is 0.00625. The van der Waals surface area contributed by atoms with Gasteiger partial charge in [0.05, 0.1) is 19.3 Å². The second-order valence-electron chi connectivity index (χ2n) is 7.07. The Hall–Kier alpha value is -2.45. The van der Waals surface area contributed by atoms with Gasteiger partial charge in [0, 0.05) is 39.4 Å². The fourth-order valence-corrected chi connectivity index (χ4v) is 3.14. The number of nitrogen functional groups attached to an aromatic ring is 1. The molecule has 146 valence electrons. The third-order valence-electron chi connectivity index (χ3n) is 4.86. The Labute approximate surface area is 161 Å². The predicted molar refractivity (Wildman–Crippen MR) is 108 cm³/mol. The zero-order valence-corrected chi connectivity index (χ0v) is 16.6. The van der Waals surface area contributed by atoms with Crippen LogP contribution >= 0.6 is 0 Å². The molecule has 1 atom stereocenters. The van der Waals surface area contributed by atoms with Crippen LogP contribution in [0.1, 0.15) is 24.4 Å². The zero-order chi connectivity index (χ0) is 19.4. The van der Waals surface area contributed by atoms with E-state index in [4.69, 9.17) is 10.5 Å². The van der Waals surface area contributed by atoms with Crippen molar-refractivity contribution in [2.75, 3.05) is 63.0 Å². The molecule has 1 aliphatic heterocycles. The maximum absolute atomic E-state index is 5.88. The summed E-state index contributed by atoms with van der Waals surface area (Å²) in [7, 11) is 5.87. The van der Waals surface area contributed by atoms with Crippen molar-refractivity contribution in [3.8, 4) is 0 Å². The average molecular weight is 371 g/mol. The van der Waals surface area contributed by atoms with Crippen molar-refractivity contribution in [3.05, 3.63) is 35.7 Å². The van der Waals surface area contributed by atoms with Crippen molar-refractivity contribution in [3.63, 3.8) is 0 Å². The highest BCUT2D eigenvalue weighted by Gasteiger charge is 2.20. The highest BCUT2D eigenvalue weighted by Crippen LogP contribution is 2.26. The van der Waals surface area contributed by atoms with Crippen LogP contribution in [-0.4, -0.2) is 67.3 Å². The van der Waals surface area contributed by atoms with E-state index in [-0.39, 0.29) is 12.0 Å². The number of rotatable bonds is 6. The lowest BCUT2D eigenvalue weighted by Gasteiger charge is -2.32. The molecule has 2 heterocycles. The molecular formula is C19H29N7O. The van der Waals surface area contributed by atoms with E-state index in [1.54, 1.807) is 0 Å². The van der Waals surface area contributed by atoms with Gasteiger partial charge in [-0.25, -0.2) is 0 Å². The van der Waals surface area contributed by atoms with E-state index in [0.29, 0.717) is 11.8 Å². The van der Waals surface area contributed by atoms with Crippen molar-refractivity contribution >= 4 is 17.6 Å². The van der Waals surface area contributed by atoms with E-state index < -0.39 is 0 Å². The average Bonchev–Trinajstić information content (AvgIpc) is 2.68. The van der Waals surface area contributed by atoms with Crippen LogP contribution in [-0.2, 0) is 11.3 Å². The van der Waals surface area contributed by atoms with Crippen molar-refractivity contribution in [1.82, 2.24) is 19.9 Å². The van der Waals surface area contributed by atoms with Gasteiger partial charge >= 0.3 is 0 Å². The highest BCUT2D eigenvalue weighted by atomic mass is 16.5. The van der Waals surface area contributed by atoms with E-state index in [2.05, 4.69) is 63.0 Å². The molecule has 1 aromatic heterocycles. The minimum Gasteiger partial charge on any atom is -0.378 e. The molecule has 2 N–H and O–H groups in total. The first-order valence-electron chi connectivity index (χ1n) is 9.25. The summed E-state index contributed by atoms with van der Waals surface area (Å²) < 4.78 is 5.49. The first-order valence-corrected chi connectivity index (χ1v) is 9.25. The number of aromatic nitrogens is 3. The van der Waals surface area contributed by atoms with Gasteiger partial charge in [-0.05, 0) is 25.6 Å². The summed E-state index contributed by atoms with van der Waals surface area (Å²) in [5.41, 5.74) is 8.43. The second-order valence-corrected chi connectivity index (χ2v) is 7.07. The van der Waals surface area contributed by atoms with E-state index >= 15 is 0 Å². The van der Waals surface area contributed by atoms with E-state index in [1.807, 2.05) is 19.0 Å². The van der Waals surface area contributed by atoms with E-state index in [1.165, 1.54) is 11.3 Å². The zero-order valence-electron chi connectivity index (χ0n) is 16.6. The lowest BCUT2D eigenvalue weighted by Crippen LogP contribution is -2.37. The Morgan fingerprint density at radius 1 is 1.11 bits per heavy atom. The predicted octanol–water partition coefficient (Wildman–Crippen LogP) is 1.55. The highest BCUT2D eigenvalue weighted by molar-refractivity contribution is 5.54. The molecule has 3 rings (SSSR count). The van der Waals surface area contributed by atoms with Crippen LogP contribution in [0.2, 0.25) is 0 Å². The molecule has 0 radical (unpaired) electrons. The number of benzene rings is 1. The van der Waals surface area contributed by atoms with Crippen LogP contribution in [0.15, 0.2) is 24.3 Å². The Bertz CT molecular complexity index is 761. The lowest BCUT2D eigenvalue weighted by atomic mass is 10.1. The van der Waals surface area contributed by atoms with Crippen LogP contribution in [0.25, 0.3) is 0 Å². The van der Waals surface area contributed by atoms with Crippen LogP contribution in [0.5, 0.6) is 0 Å². The first kappa shape index (κ1) is 19.3. The molecule has 1 aliphatic rings. The molecule has 8 nitrogen and oxygen atoms in total. The number of nitrogens with two attached hydrogens (primary N) is 1. The van der Waals surface area contributed by atoms with Gasteiger partial charge in [0.15, 0.2) is 5.82 Å². The summed E-state index contributed by atoms with van der Waals surface area (Å²) in [6.07, 6.45) is 0. The summed E-state index contributed by atoms with van der Waals surface area (Å²) in [6, 6.07) is 8.55. The van der Waals surface area contributed by atoms with Gasteiger partial charge < -0.3 is 20.3 Å². The Morgan fingerprint density at radius 2 is 1.81 bits per heavy atom. The minimum absolute atomic E-state index is 0.00625. The van der Waals surface area contributed by atoms with Gasteiger partial charge in [0.1, 0.15) is 0 Å². The molecule has 0 bridgehead atoms. The van der Waals surface area contributed by atoms with Gasteiger partial charge in [0.2, 0.25) is 11.9 Å². The first-order chi connectivity index (χ1) is 13.0. The van der Waals surface area contributed by atoms with Crippen LogP contribution in [0.3, 0.4) is 0 Å². The van der Waals surface area contributed by atoms with Crippen LogP contribution in [0.4, 0.5) is 17.6 Å². The van der Waals surface area contributed by atoms with Crippen molar-refractivity contribution in [2.24, 2.45) is 0 Å². The number of ether oxygens (including phenoxy) is 1. The number of hydrogen-bond donors (Lipinski definition) is 1. The molecule has 0 spiro atoms. The molecule has 1 aromatic carbocycles. The monoisotopic (exact) mass is 371 g/mol. The summed E-state index contributed by atoms with van der Waals surface area (Å²) in [4.78, 5) is 19.5. The second kappa shape index (κ2) is 8.49. The Morgan fingerprint density at radius 3 is 2.52 bits per heavy atom. The SMILES string of the molecule is C[C@H](c1nc(N)nc(N(C)C)n1)N(C)Cc1ccccc1N1CCOCC1. The summed E-state index contributed by atoms with van der Waals surface area (Å²) in [5.74, 6) is 1.50. The van der Waals surface area contributed by atoms with Gasteiger partial charge in [-0.3, -0.25) is 4.90 Å². The topological polar surface area (TPSA) is 83.6 Å². The largest absolute Gasteiger partial charge is 0.378 e. The number of nitrogens with zero attached hydrogens (tertiary/aromatic N) is 6. The number of para-hydroxylation sites is 1. The molecule has 0 unspecified atom stereocenters. The summed E-state index contributed by atoms with van der Waals surface area (Å²) >= 11 is 0. The van der Waals surface area contributed by atoms with Crippen molar-refractivity contribution in [1.29, 1.82) is 0 Å². The number of morpholine rings is 1.